The lowest BCUT2D eigenvalue weighted by atomic mass is 9.86. The molecule has 7 heteroatoms. The zero-order chi connectivity index (χ0) is 15.1. The number of ether oxygens (including phenoxy) is 1. The van der Waals surface area contributed by atoms with E-state index in [1.807, 2.05) is 30.3 Å². The molecule has 3 heterocycles. The van der Waals surface area contributed by atoms with Gasteiger partial charge in [-0.05, 0) is 5.56 Å². The Morgan fingerprint density at radius 2 is 1.41 bits per heavy atom. The summed E-state index contributed by atoms with van der Waals surface area (Å²) < 4.78 is 5.53. The van der Waals surface area contributed by atoms with Gasteiger partial charge in [-0.1, -0.05) is 30.3 Å². The molecule has 2 N–H and O–H groups in total. The average Bonchev–Trinajstić information content (AvgIpc) is 2.54. The van der Waals surface area contributed by atoms with Gasteiger partial charge in [-0.15, -0.1) is 0 Å². The van der Waals surface area contributed by atoms with Crippen LogP contribution in [0.2, 0.25) is 0 Å². The van der Waals surface area contributed by atoms with Crippen molar-refractivity contribution >= 4 is 0 Å². The number of rotatable bonds is 1. The highest BCUT2D eigenvalue weighted by molar-refractivity contribution is 5.52. The van der Waals surface area contributed by atoms with Crippen molar-refractivity contribution in [3.05, 3.63) is 80.4 Å². The van der Waals surface area contributed by atoms with Crippen LogP contribution in [0.25, 0.3) is 0 Å². The molecule has 0 atom stereocenters. The molecule has 108 valence electrons. The van der Waals surface area contributed by atoms with Crippen LogP contribution < -0.4 is 15.9 Å². The molecule has 0 bridgehead atoms. The third kappa shape index (κ3) is 1.76. The van der Waals surface area contributed by atoms with Gasteiger partial charge in [0.2, 0.25) is 11.8 Å². The van der Waals surface area contributed by atoms with Crippen molar-refractivity contribution in [3.63, 3.8) is 0 Å². The lowest BCUT2D eigenvalue weighted by Crippen LogP contribution is -2.29. The summed E-state index contributed by atoms with van der Waals surface area (Å²) >= 11 is 0. The third-order valence-electron chi connectivity index (χ3n) is 3.61. The Labute approximate surface area is 123 Å². The molecule has 0 amide bonds. The van der Waals surface area contributed by atoms with Crippen molar-refractivity contribution in [1.29, 1.82) is 0 Å². The minimum Gasteiger partial charge on any atom is -0.419 e. The Bertz CT molecular complexity index is 903. The first-order valence-electron chi connectivity index (χ1n) is 6.63. The fourth-order valence-corrected chi connectivity index (χ4v) is 2.67. The molecular weight excluding hydrogens is 284 g/mol. The monoisotopic (exact) mass is 294 g/mol. The molecular formula is C15H10N4O3. The standard InChI is InChI=1S/C15H10N4O3/c20-12-10-9(8-4-2-1-3-5-8)11-13(21)17-7-19-15(11)22-14(10)18-6-16-12/h1-7,9H,(H,16,18,20)(H,17,19,21). The van der Waals surface area contributed by atoms with Gasteiger partial charge in [-0.3, -0.25) is 9.59 Å². The number of nitrogens with one attached hydrogen (secondary N) is 2. The van der Waals surface area contributed by atoms with E-state index in [2.05, 4.69) is 19.9 Å². The highest BCUT2D eigenvalue weighted by Crippen LogP contribution is 2.41. The molecule has 1 aliphatic rings. The normalized spacial score (nSPS) is 13.1. The molecule has 0 aliphatic carbocycles. The summed E-state index contributed by atoms with van der Waals surface area (Å²) in [6.07, 6.45) is 2.53. The van der Waals surface area contributed by atoms with Crippen LogP contribution in [0.3, 0.4) is 0 Å². The summed E-state index contributed by atoms with van der Waals surface area (Å²) in [5.74, 6) is -0.235. The van der Waals surface area contributed by atoms with Crippen LogP contribution in [0, 0.1) is 0 Å². The first-order valence-corrected chi connectivity index (χ1v) is 6.63. The van der Waals surface area contributed by atoms with E-state index in [-0.39, 0.29) is 22.9 Å². The Kier molecular flexibility index (Phi) is 2.65. The van der Waals surface area contributed by atoms with Crippen molar-refractivity contribution in [1.82, 2.24) is 19.9 Å². The maximum Gasteiger partial charge on any atom is 0.258 e. The van der Waals surface area contributed by atoms with E-state index in [0.29, 0.717) is 11.1 Å². The van der Waals surface area contributed by atoms with Gasteiger partial charge in [-0.2, -0.15) is 0 Å². The van der Waals surface area contributed by atoms with Gasteiger partial charge >= 0.3 is 0 Å². The van der Waals surface area contributed by atoms with E-state index in [0.717, 1.165) is 5.56 Å². The summed E-state index contributed by atoms with van der Waals surface area (Å²) in [5.41, 5.74) is 0.727. The first kappa shape index (κ1) is 12.5. The van der Waals surface area contributed by atoms with Crippen LogP contribution in [-0.4, -0.2) is 19.9 Å². The number of hydrogen-bond donors (Lipinski definition) is 2. The van der Waals surface area contributed by atoms with Crippen molar-refractivity contribution in [3.8, 4) is 11.8 Å². The molecule has 3 aromatic rings. The molecule has 0 unspecified atom stereocenters. The quantitative estimate of drug-likeness (QED) is 0.548. The van der Waals surface area contributed by atoms with Crippen LogP contribution in [0.1, 0.15) is 22.6 Å². The lowest BCUT2D eigenvalue weighted by molar-refractivity contribution is 0.409. The number of nitrogens with zero attached hydrogens (tertiary/aromatic N) is 2. The zero-order valence-corrected chi connectivity index (χ0v) is 11.2. The van der Waals surface area contributed by atoms with E-state index >= 15 is 0 Å². The maximum atomic E-state index is 12.3. The maximum absolute atomic E-state index is 12.3. The number of aromatic nitrogens is 4. The second-order valence-electron chi connectivity index (χ2n) is 4.85. The van der Waals surface area contributed by atoms with E-state index in [4.69, 9.17) is 4.74 Å². The molecule has 7 nitrogen and oxygen atoms in total. The van der Waals surface area contributed by atoms with E-state index in [1.54, 1.807) is 0 Å². The number of H-pyrrole nitrogens is 2. The fraction of sp³-hybridized carbons (Fsp3) is 0.0667. The van der Waals surface area contributed by atoms with Gasteiger partial charge in [0.15, 0.2) is 0 Å². The molecule has 0 saturated heterocycles. The van der Waals surface area contributed by atoms with Gasteiger partial charge in [-0.25, -0.2) is 9.97 Å². The van der Waals surface area contributed by atoms with Crippen LogP contribution in [0.4, 0.5) is 0 Å². The summed E-state index contributed by atoms with van der Waals surface area (Å²) in [5, 5.41) is 0. The number of benzene rings is 1. The van der Waals surface area contributed by atoms with Crippen molar-refractivity contribution < 1.29 is 4.74 Å². The van der Waals surface area contributed by atoms with Gasteiger partial charge < -0.3 is 14.7 Å². The fourth-order valence-electron chi connectivity index (χ4n) is 2.67. The SMILES string of the molecule is O=c1[nH]cnc2c1C(c1ccccc1)c1c(nc[nH]c1=O)O2. The predicted molar refractivity (Wildman–Crippen MR) is 77.2 cm³/mol. The predicted octanol–water partition coefficient (Wildman–Crippen LogP) is 1.14. The van der Waals surface area contributed by atoms with E-state index in [9.17, 15) is 9.59 Å². The molecule has 0 saturated carbocycles. The first-order chi connectivity index (χ1) is 10.8. The Hall–Kier alpha value is -3.22. The second kappa shape index (κ2) is 4.66. The minimum atomic E-state index is -0.574. The highest BCUT2D eigenvalue weighted by Gasteiger charge is 2.35. The molecule has 22 heavy (non-hydrogen) atoms. The number of hydrogen-bond acceptors (Lipinski definition) is 5. The minimum absolute atomic E-state index is 0.170. The van der Waals surface area contributed by atoms with Crippen LogP contribution in [-0.2, 0) is 0 Å². The molecule has 0 radical (unpaired) electrons. The van der Waals surface area contributed by atoms with Gasteiger partial charge in [0.05, 0.1) is 29.7 Å². The Morgan fingerprint density at radius 1 is 0.864 bits per heavy atom. The number of aromatic amines is 2. The van der Waals surface area contributed by atoms with E-state index in [1.165, 1.54) is 12.7 Å². The van der Waals surface area contributed by atoms with E-state index < -0.39 is 5.92 Å². The summed E-state index contributed by atoms with van der Waals surface area (Å²) in [6, 6.07) is 9.26. The summed E-state index contributed by atoms with van der Waals surface area (Å²) in [4.78, 5) is 37.7. The summed E-state index contributed by atoms with van der Waals surface area (Å²) in [7, 11) is 0. The molecule has 0 spiro atoms. The highest BCUT2D eigenvalue weighted by atomic mass is 16.5. The van der Waals surface area contributed by atoms with Gasteiger partial charge in [0, 0.05) is 0 Å². The third-order valence-corrected chi connectivity index (χ3v) is 3.61. The van der Waals surface area contributed by atoms with Gasteiger partial charge in [0.1, 0.15) is 0 Å². The zero-order valence-electron chi connectivity index (χ0n) is 11.2. The molecule has 1 aliphatic heterocycles. The van der Waals surface area contributed by atoms with Crippen LogP contribution >= 0.6 is 0 Å². The van der Waals surface area contributed by atoms with Crippen molar-refractivity contribution in [2.45, 2.75) is 5.92 Å². The molecule has 2 aromatic heterocycles. The molecule has 0 fully saturated rings. The van der Waals surface area contributed by atoms with Gasteiger partial charge in [0.25, 0.3) is 11.1 Å². The van der Waals surface area contributed by atoms with Crippen LogP contribution in [0.5, 0.6) is 11.8 Å². The molecule has 4 rings (SSSR count). The molecule has 1 aromatic carbocycles. The summed E-state index contributed by atoms with van der Waals surface area (Å²) in [6.45, 7) is 0. The second-order valence-corrected chi connectivity index (χ2v) is 4.85. The smallest absolute Gasteiger partial charge is 0.258 e. The number of fused-ring (bicyclic) bond motifs is 2. The lowest BCUT2D eigenvalue weighted by Gasteiger charge is -2.24. The topological polar surface area (TPSA) is 101 Å². The van der Waals surface area contributed by atoms with Crippen LogP contribution in [0.15, 0.2) is 52.6 Å². The average molecular weight is 294 g/mol. The van der Waals surface area contributed by atoms with Crippen molar-refractivity contribution in [2.75, 3.05) is 0 Å². The Morgan fingerprint density at radius 3 is 1.95 bits per heavy atom. The largest absolute Gasteiger partial charge is 0.419 e. The van der Waals surface area contributed by atoms with Crippen molar-refractivity contribution in [2.24, 2.45) is 0 Å². The Balaban J connectivity index is 2.09.